The summed E-state index contributed by atoms with van der Waals surface area (Å²) in [5.74, 6) is 0.910. The van der Waals surface area contributed by atoms with E-state index in [2.05, 4.69) is 29.5 Å². The molecule has 0 aromatic carbocycles. The summed E-state index contributed by atoms with van der Waals surface area (Å²) in [4.78, 5) is 26.3. The molecule has 0 fully saturated rings. The first kappa shape index (κ1) is 19.1. The number of rotatable bonds is 2. The largest absolute Gasteiger partial charge is 0.369 e. The van der Waals surface area contributed by atoms with Crippen LogP contribution in [0.15, 0.2) is 83.8 Å². The van der Waals surface area contributed by atoms with E-state index < -0.39 is 0 Å². The maximum absolute atomic E-state index is 6.47. The minimum Gasteiger partial charge on any atom is -0.369 e. The average molecular weight is 433 g/mol. The molecular weight excluding hydrogens is 414 g/mol. The monoisotopic (exact) mass is 433 g/mol. The van der Waals surface area contributed by atoms with Crippen molar-refractivity contribution in [1.29, 1.82) is 0 Å². The maximum atomic E-state index is 6.47. The number of nitrogens with two attached hydrogens (primary N) is 1. The van der Waals surface area contributed by atoms with E-state index in [1.54, 1.807) is 24.8 Å². The Morgan fingerprint density at radius 1 is 0.727 bits per heavy atom. The molecule has 2 N–H and O–H groups in total. The standard InChI is InChI=1S/C24H19N9/c1-15(30-14-32-20-2-6-26-10-16(20)17-11-27-7-3-21(17)32)31-24(25)33-22-4-8-28-12-18(22)19-13-29-9-5-23(19)33/h2-13H,14H2,1H3,(H2,25,30,31). The van der Waals surface area contributed by atoms with Crippen molar-refractivity contribution in [2.75, 3.05) is 0 Å². The molecule has 33 heavy (non-hydrogen) atoms. The molecule has 0 saturated carbocycles. The Hall–Kier alpha value is -4.66. The van der Waals surface area contributed by atoms with E-state index in [4.69, 9.17) is 10.7 Å². The summed E-state index contributed by atoms with van der Waals surface area (Å²) in [5, 5.41) is 4.04. The van der Waals surface area contributed by atoms with Crippen LogP contribution in [-0.4, -0.2) is 40.9 Å². The van der Waals surface area contributed by atoms with Crippen molar-refractivity contribution in [2.45, 2.75) is 13.6 Å². The van der Waals surface area contributed by atoms with Gasteiger partial charge in [0.15, 0.2) is 0 Å². The molecule has 0 unspecified atom stereocenters. The van der Waals surface area contributed by atoms with E-state index in [-0.39, 0.29) is 0 Å². The van der Waals surface area contributed by atoms with Gasteiger partial charge in [-0.05, 0) is 31.2 Å². The first-order valence-corrected chi connectivity index (χ1v) is 10.4. The lowest BCUT2D eigenvalue weighted by atomic mass is 10.2. The molecule has 6 heterocycles. The number of pyridine rings is 4. The second-order valence-electron chi connectivity index (χ2n) is 7.65. The second-order valence-corrected chi connectivity index (χ2v) is 7.65. The normalized spacial score (nSPS) is 13.0. The molecule has 0 spiro atoms. The van der Waals surface area contributed by atoms with E-state index >= 15 is 0 Å². The summed E-state index contributed by atoms with van der Waals surface area (Å²) in [6, 6.07) is 7.81. The number of amidine groups is 1. The molecule has 9 nitrogen and oxygen atoms in total. The fourth-order valence-corrected chi connectivity index (χ4v) is 4.32. The van der Waals surface area contributed by atoms with Gasteiger partial charge in [-0.15, -0.1) is 0 Å². The minimum absolute atomic E-state index is 0.337. The van der Waals surface area contributed by atoms with Crippen molar-refractivity contribution in [1.82, 2.24) is 29.1 Å². The molecule has 6 rings (SSSR count). The van der Waals surface area contributed by atoms with E-state index in [9.17, 15) is 0 Å². The van der Waals surface area contributed by atoms with Crippen molar-refractivity contribution >= 4 is 55.4 Å². The number of hydrogen-bond donors (Lipinski definition) is 1. The Labute approximate surface area is 188 Å². The van der Waals surface area contributed by atoms with Gasteiger partial charge in [-0.2, -0.15) is 4.99 Å². The lowest BCUT2D eigenvalue weighted by molar-refractivity contribution is 0.789. The molecule has 0 aliphatic rings. The molecule has 9 heteroatoms. The zero-order chi connectivity index (χ0) is 22.4. The fourth-order valence-electron chi connectivity index (χ4n) is 4.32. The summed E-state index contributed by atoms with van der Waals surface area (Å²) >= 11 is 0. The lowest BCUT2D eigenvalue weighted by Gasteiger charge is -2.07. The molecule has 0 bridgehead atoms. The summed E-state index contributed by atoms with van der Waals surface area (Å²) < 4.78 is 4.03. The first-order chi connectivity index (χ1) is 16.2. The van der Waals surface area contributed by atoms with Crippen LogP contribution in [0.2, 0.25) is 0 Å². The van der Waals surface area contributed by atoms with Crippen LogP contribution in [0, 0.1) is 0 Å². The predicted octanol–water partition coefficient (Wildman–Crippen LogP) is 3.72. The lowest BCUT2D eigenvalue weighted by Crippen LogP contribution is -2.23. The smallest absolute Gasteiger partial charge is 0.207 e. The Kier molecular flexibility index (Phi) is 4.32. The van der Waals surface area contributed by atoms with Gasteiger partial charge in [-0.25, -0.2) is 4.99 Å². The van der Waals surface area contributed by atoms with Gasteiger partial charge in [0.25, 0.3) is 0 Å². The molecule has 0 saturated heterocycles. The third-order valence-corrected chi connectivity index (χ3v) is 5.78. The zero-order valence-corrected chi connectivity index (χ0v) is 17.8. The SMILES string of the molecule is C/C(N=C(N)n1c2ccncc2c2cnccc21)=N/Cn1c2ccncc2c2cnccc21. The third-order valence-electron chi connectivity index (χ3n) is 5.78. The van der Waals surface area contributed by atoms with Crippen molar-refractivity contribution < 1.29 is 0 Å². The van der Waals surface area contributed by atoms with Gasteiger partial charge in [0, 0.05) is 71.1 Å². The van der Waals surface area contributed by atoms with Crippen LogP contribution in [0.3, 0.4) is 0 Å². The molecule has 0 radical (unpaired) electrons. The first-order valence-electron chi connectivity index (χ1n) is 10.4. The van der Waals surface area contributed by atoms with Crippen molar-refractivity contribution in [3.8, 4) is 0 Å². The molecule has 0 atom stereocenters. The van der Waals surface area contributed by atoms with E-state index in [1.807, 2.05) is 60.5 Å². The van der Waals surface area contributed by atoms with Gasteiger partial charge in [0.2, 0.25) is 5.96 Å². The topological polar surface area (TPSA) is 112 Å². The number of nitrogens with zero attached hydrogens (tertiary/aromatic N) is 8. The highest BCUT2D eigenvalue weighted by molar-refractivity contribution is 6.14. The van der Waals surface area contributed by atoms with Gasteiger partial charge in [-0.1, -0.05) is 0 Å². The van der Waals surface area contributed by atoms with Crippen molar-refractivity contribution in [2.24, 2.45) is 15.7 Å². The Morgan fingerprint density at radius 3 is 1.64 bits per heavy atom. The summed E-state index contributed by atoms with van der Waals surface area (Å²) in [6.07, 6.45) is 14.4. The molecule has 6 aromatic rings. The van der Waals surface area contributed by atoms with Crippen molar-refractivity contribution in [3.63, 3.8) is 0 Å². The second kappa shape index (κ2) is 7.49. The summed E-state index contributed by atoms with van der Waals surface area (Å²) in [6.45, 7) is 2.25. The molecule has 0 aliphatic carbocycles. The predicted molar refractivity (Wildman–Crippen MR) is 130 cm³/mol. The molecule has 6 aromatic heterocycles. The molecule has 0 aliphatic heterocycles. The van der Waals surface area contributed by atoms with Gasteiger partial charge < -0.3 is 10.3 Å². The summed E-state index contributed by atoms with van der Waals surface area (Å²) in [5.41, 5.74) is 10.4. The van der Waals surface area contributed by atoms with Crippen LogP contribution in [0.5, 0.6) is 0 Å². The number of aromatic nitrogens is 6. The van der Waals surface area contributed by atoms with E-state index in [0.717, 1.165) is 43.6 Å². The van der Waals surface area contributed by atoms with Gasteiger partial charge >= 0.3 is 0 Å². The van der Waals surface area contributed by atoms with Crippen LogP contribution in [0.4, 0.5) is 0 Å². The zero-order valence-electron chi connectivity index (χ0n) is 17.8. The minimum atomic E-state index is 0.337. The van der Waals surface area contributed by atoms with Gasteiger partial charge in [0.1, 0.15) is 12.5 Å². The summed E-state index contributed by atoms with van der Waals surface area (Å²) in [7, 11) is 0. The van der Waals surface area contributed by atoms with Crippen molar-refractivity contribution in [3.05, 3.63) is 73.8 Å². The van der Waals surface area contributed by atoms with E-state index in [0.29, 0.717) is 18.5 Å². The number of hydrogen-bond acceptors (Lipinski definition) is 5. The Balaban J connectivity index is 1.42. The molecule has 0 amide bonds. The third kappa shape index (κ3) is 3.01. The highest BCUT2D eigenvalue weighted by Gasteiger charge is 2.13. The van der Waals surface area contributed by atoms with Crippen LogP contribution in [0.25, 0.3) is 43.6 Å². The van der Waals surface area contributed by atoms with Crippen LogP contribution in [0.1, 0.15) is 6.92 Å². The molecule has 160 valence electrons. The fraction of sp³-hybridized carbons (Fsp3) is 0.0833. The average Bonchev–Trinajstić information content (AvgIpc) is 3.36. The van der Waals surface area contributed by atoms with Crippen LogP contribution < -0.4 is 5.73 Å². The van der Waals surface area contributed by atoms with Gasteiger partial charge in [-0.3, -0.25) is 24.5 Å². The van der Waals surface area contributed by atoms with E-state index in [1.165, 1.54) is 0 Å². The highest BCUT2D eigenvalue weighted by Crippen LogP contribution is 2.28. The van der Waals surface area contributed by atoms with Crippen LogP contribution in [-0.2, 0) is 6.67 Å². The quantitative estimate of drug-likeness (QED) is 0.330. The number of aliphatic imine (C=N–C) groups is 2. The maximum Gasteiger partial charge on any atom is 0.207 e. The highest BCUT2D eigenvalue weighted by atomic mass is 15.2. The van der Waals surface area contributed by atoms with Crippen LogP contribution >= 0.6 is 0 Å². The number of fused-ring (bicyclic) bond motifs is 6. The molecular formula is C24H19N9. The van der Waals surface area contributed by atoms with Gasteiger partial charge in [0.05, 0.1) is 22.1 Å². The Bertz CT molecular complexity index is 1620. The Morgan fingerprint density at radius 2 is 1.15 bits per heavy atom.